The Morgan fingerprint density at radius 3 is 2.08 bits per heavy atom. The molecule has 2 aromatic heterocycles. The van der Waals surface area contributed by atoms with E-state index in [4.69, 9.17) is 47.9 Å². The standard InChI is InChI=1S/C42H71N8O25P3S/c1-42(2,25-72-78(63,64)75-77(61,62)71-24-29-35(74-76(58,59)60)34(54)41(73-29)50-27-48-33-37(43)46-26-47-38(33)50)36(55)39(56)45-8-6-31(52)44-9-22-79-30-23-32(53)49(40(30)57)10-4-5-28(51)7-11-66-14-15-68-18-19-70-21-20-69-17-16-67-13-12-65-3/h26-27,29-30,34-36,41,54-55H,4-25H2,1-3H3,(H,44,52)(H,45,56)(H,61,62)(H,63,64)(H2,43,46,47)(H2,58,59,60)/t29-,30?,34+,35?,36+,41-/m1/s1. The maximum atomic E-state index is 12.9. The summed E-state index contributed by atoms with van der Waals surface area (Å²) in [4.78, 5) is 115. The number of aliphatic hydroxyl groups excluding tert-OH is 2. The molecule has 10 N–H and O–H groups in total. The van der Waals surface area contributed by atoms with Gasteiger partial charge in [0, 0.05) is 63.6 Å². The number of ketones is 1. The molecule has 0 spiro atoms. The van der Waals surface area contributed by atoms with E-state index in [-0.39, 0.29) is 92.3 Å². The van der Waals surface area contributed by atoms with Gasteiger partial charge in [-0.05, 0) is 6.42 Å². The number of carbonyl (C=O) groups is 5. The Balaban J connectivity index is 1.04. The minimum absolute atomic E-state index is 0.0145. The van der Waals surface area contributed by atoms with Gasteiger partial charge in [0.15, 0.2) is 17.7 Å². The van der Waals surface area contributed by atoms with E-state index >= 15 is 0 Å². The number of hydrogen-bond donors (Lipinski definition) is 9. The minimum Gasteiger partial charge on any atom is -0.386 e. The molecule has 2 fully saturated rings. The molecule has 0 aliphatic carbocycles. The van der Waals surface area contributed by atoms with Crippen LogP contribution in [0.3, 0.4) is 0 Å². The van der Waals surface area contributed by atoms with Crippen molar-refractivity contribution in [2.75, 3.05) is 124 Å². The van der Waals surface area contributed by atoms with E-state index in [1.807, 2.05) is 0 Å². The van der Waals surface area contributed by atoms with Gasteiger partial charge in [-0.3, -0.25) is 47.0 Å². The first-order valence-electron chi connectivity index (χ1n) is 24.6. The van der Waals surface area contributed by atoms with Crippen molar-refractivity contribution >= 4 is 81.6 Å². The number of methoxy groups -OCH3 is 1. The molecule has 0 radical (unpaired) electrons. The molecule has 37 heteroatoms. The molecule has 4 unspecified atom stereocenters. The highest BCUT2D eigenvalue weighted by molar-refractivity contribution is 8.00. The number of rotatable bonds is 42. The fourth-order valence-electron chi connectivity index (χ4n) is 7.22. The van der Waals surface area contributed by atoms with E-state index < -0.39 is 89.8 Å². The predicted octanol–water partition coefficient (Wildman–Crippen LogP) is -1.27. The van der Waals surface area contributed by atoms with Gasteiger partial charge in [0.2, 0.25) is 23.6 Å². The van der Waals surface area contributed by atoms with Crippen LogP contribution >= 0.6 is 35.2 Å². The van der Waals surface area contributed by atoms with Crippen LogP contribution in [0.1, 0.15) is 52.2 Å². The number of anilines is 1. The van der Waals surface area contributed by atoms with Crippen LogP contribution in [0.2, 0.25) is 0 Å². The molecule has 0 saturated carbocycles. The van der Waals surface area contributed by atoms with Crippen molar-refractivity contribution in [3.63, 3.8) is 0 Å². The second-order valence-corrected chi connectivity index (χ2v) is 23.5. The van der Waals surface area contributed by atoms with E-state index in [0.29, 0.717) is 72.5 Å². The van der Waals surface area contributed by atoms with Crippen LogP contribution < -0.4 is 16.4 Å². The summed E-state index contributed by atoms with van der Waals surface area (Å²) in [5.41, 5.74) is 4.19. The molecule has 0 aromatic carbocycles. The lowest BCUT2D eigenvalue weighted by Gasteiger charge is -2.30. The molecule has 79 heavy (non-hydrogen) atoms. The number of Topliss-reactive ketones (excluding diaryl/α,β-unsaturated/α-hetero) is 1. The summed E-state index contributed by atoms with van der Waals surface area (Å²) in [5, 5.41) is 25.9. The highest BCUT2D eigenvalue weighted by Gasteiger charge is 2.50. The van der Waals surface area contributed by atoms with E-state index in [1.54, 1.807) is 7.11 Å². The summed E-state index contributed by atoms with van der Waals surface area (Å²) in [5.74, 6) is -2.14. The van der Waals surface area contributed by atoms with Gasteiger partial charge in [-0.1, -0.05) is 13.8 Å². The van der Waals surface area contributed by atoms with Crippen LogP contribution in [0.15, 0.2) is 12.7 Å². The summed E-state index contributed by atoms with van der Waals surface area (Å²) in [6.45, 7) is 4.81. The summed E-state index contributed by atoms with van der Waals surface area (Å²) in [7, 11) is -14.9. The molecule has 2 aromatic rings. The SMILES string of the molecule is COCCOCCOCCOCCOCCOCCC(=O)CCCN1C(=O)CC(SCCNC(=O)CCNC(=O)[C@H](O)C(C)(C)COP(=O)(O)OP(=O)(O)OC[C@H]2O[C@@H](n3cnc4c(N)ncnc43)[C@@H](O)C2OP(=O)(O)O)C1=O. The molecule has 2 aliphatic rings. The Morgan fingerprint density at radius 2 is 1.46 bits per heavy atom. The van der Waals surface area contributed by atoms with E-state index in [1.165, 1.54) is 25.6 Å². The molecule has 2 aliphatic heterocycles. The molecule has 2 saturated heterocycles. The van der Waals surface area contributed by atoms with Crippen molar-refractivity contribution in [1.82, 2.24) is 35.1 Å². The maximum Gasteiger partial charge on any atom is 0.481 e. The second-order valence-electron chi connectivity index (χ2n) is 18.0. The Morgan fingerprint density at radius 1 is 0.848 bits per heavy atom. The molecule has 8 atom stereocenters. The van der Waals surface area contributed by atoms with Crippen molar-refractivity contribution in [2.45, 2.75) is 81.8 Å². The van der Waals surface area contributed by atoms with Gasteiger partial charge < -0.3 is 79.3 Å². The van der Waals surface area contributed by atoms with Gasteiger partial charge in [-0.15, -0.1) is 11.8 Å². The van der Waals surface area contributed by atoms with Crippen molar-refractivity contribution in [1.29, 1.82) is 0 Å². The number of nitrogens with zero attached hydrogens (tertiary/aromatic N) is 5. The second kappa shape index (κ2) is 33.5. The van der Waals surface area contributed by atoms with Crippen LogP contribution in [-0.4, -0.2) is 232 Å². The number of aliphatic hydroxyl groups is 2. The summed E-state index contributed by atoms with van der Waals surface area (Å²) >= 11 is 1.18. The van der Waals surface area contributed by atoms with Crippen LogP contribution in [0.25, 0.3) is 11.2 Å². The number of carbonyl (C=O) groups excluding carboxylic acids is 5. The fraction of sp³-hybridized carbons (Fsp3) is 0.762. The van der Waals surface area contributed by atoms with Gasteiger partial charge in [0.05, 0.1) is 97.5 Å². The van der Waals surface area contributed by atoms with Crippen LogP contribution in [0, 0.1) is 5.41 Å². The third-order valence-electron chi connectivity index (χ3n) is 11.3. The summed E-state index contributed by atoms with van der Waals surface area (Å²) in [6, 6.07) is 0. The highest BCUT2D eigenvalue weighted by atomic mass is 32.2. The number of imidazole rings is 1. The molecule has 33 nitrogen and oxygen atoms in total. The monoisotopic (exact) mass is 1210 g/mol. The molecule has 0 bridgehead atoms. The number of imide groups is 1. The molecule has 4 amide bonds. The number of hydrogen-bond acceptors (Lipinski definition) is 26. The number of nitrogens with one attached hydrogen (secondary N) is 2. The van der Waals surface area contributed by atoms with Crippen molar-refractivity contribution < 1.29 is 118 Å². The lowest BCUT2D eigenvalue weighted by atomic mass is 9.87. The van der Waals surface area contributed by atoms with Crippen LogP contribution in [0.5, 0.6) is 0 Å². The number of thioether (sulfide) groups is 1. The average Bonchev–Trinajstić information content (AvgIpc) is 4.10. The first-order valence-corrected chi connectivity index (χ1v) is 30.2. The first-order chi connectivity index (χ1) is 37.3. The molecule has 450 valence electrons. The zero-order chi connectivity index (χ0) is 58.2. The zero-order valence-corrected chi connectivity index (χ0v) is 47.2. The maximum absolute atomic E-state index is 12.9. The number of fused-ring (bicyclic) bond motifs is 1. The Hall–Kier alpha value is -3.54. The Kier molecular flexibility index (Phi) is 28.9. The summed E-state index contributed by atoms with van der Waals surface area (Å²) in [6.07, 6.45) is -6.57. The van der Waals surface area contributed by atoms with E-state index in [0.717, 1.165) is 22.1 Å². The van der Waals surface area contributed by atoms with Crippen molar-refractivity contribution in [3.8, 4) is 0 Å². The lowest BCUT2D eigenvalue weighted by molar-refractivity contribution is -0.139. The largest absolute Gasteiger partial charge is 0.481 e. The average molecular weight is 1210 g/mol. The normalized spacial score (nSPS) is 20.9. The van der Waals surface area contributed by atoms with Crippen LogP contribution in [0.4, 0.5) is 5.82 Å². The van der Waals surface area contributed by atoms with Crippen LogP contribution in [-0.2, 0) is 88.7 Å². The first kappa shape index (κ1) is 68.0. The third-order valence-corrected chi connectivity index (χ3v) is 15.6. The van der Waals surface area contributed by atoms with Gasteiger partial charge >= 0.3 is 23.5 Å². The zero-order valence-electron chi connectivity index (χ0n) is 43.7. The molecule has 4 heterocycles. The quantitative estimate of drug-likeness (QED) is 0.0213. The minimum atomic E-state index is -5.62. The Bertz CT molecular complexity index is 2420. The van der Waals surface area contributed by atoms with Gasteiger partial charge in [0.1, 0.15) is 42.0 Å². The van der Waals surface area contributed by atoms with Gasteiger partial charge in [-0.25, -0.2) is 28.6 Å². The number of phosphoric ester groups is 3. The van der Waals surface area contributed by atoms with E-state index in [9.17, 15) is 67.5 Å². The number of ether oxygens (including phenoxy) is 7. The number of phosphoric acid groups is 3. The molecule has 4 rings (SSSR count). The Labute approximate surface area is 457 Å². The smallest absolute Gasteiger partial charge is 0.386 e. The lowest BCUT2D eigenvalue weighted by Crippen LogP contribution is -2.46. The highest BCUT2D eigenvalue weighted by Crippen LogP contribution is 2.61. The predicted molar refractivity (Wildman–Crippen MR) is 272 cm³/mol. The molecular formula is C42H71N8O25P3S. The number of likely N-dealkylation sites (tertiary alicyclic amines) is 1. The summed E-state index contributed by atoms with van der Waals surface area (Å²) < 4.78 is 94.4. The molecular weight excluding hydrogens is 1140 g/mol. The third kappa shape index (κ3) is 24.1. The number of nitrogen functional groups attached to an aromatic ring is 1. The topological polar surface area (TPSA) is 456 Å². The van der Waals surface area contributed by atoms with Crippen molar-refractivity contribution in [2.24, 2.45) is 5.41 Å². The van der Waals surface area contributed by atoms with Crippen molar-refractivity contribution in [3.05, 3.63) is 12.7 Å². The number of amides is 4. The van der Waals surface area contributed by atoms with E-state index in [2.05, 4.69) is 34.4 Å². The number of aromatic nitrogens is 4. The number of nitrogens with two attached hydrogens (primary N) is 1. The van der Waals surface area contributed by atoms with Gasteiger partial charge in [-0.2, -0.15) is 4.31 Å². The fourth-order valence-corrected chi connectivity index (χ4v) is 11.1. The van der Waals surface area contributed by atoms with Gasteiger partial charge in [0.25, 0.3) is 0 Å².